The van der Waals surface area contributed by atoms with Gasteiger partial charge in [-0.3, -0.25) is 9.59 Å². The first-order valence-electron chi connectivity index (χ1n) is 32.2. The second-order valence-corrected chi connectivity index (χ2v) is 32.2. The first kappa shape index (κ1) is 77.3. The van der Waals surface area contributed by atoms with Gasteiger partial charge in [-0.1, -0.05) is 114 Å². The van der Waals surface area contributed by atoms with Crippen LogP contribution in [0.1, 0.15) is 159 Å². The summed E-state index contributed by atoms with van der Waals surface area (Å²) in [6.07, 6.45) is 1.18. The Balaban J connectivity index is 0.00000198. The molecule has 90 heavy (non-hydrogen) atoms. The van der Waals surface area contributed by atoms with Crippen LogP contribution in [0.25, 0.3) is 0 Å². The van der Waals surface area contributed by atoms with Gasteiger partial charge in [0, 0.05) is 38.5 Å². The zero-order chi connectivity index (χ0) is 67.3. The summed E-state index contributed by atoms with van der Waals surface area (Å²) >= 11 is 0. The number of carbonyl (C=O) groups is 2. The van der Waals surface area contributed by atoms with Crippen LogP contribution in [0.2, 0.25) is 0 Å². The molecule has 0 spiro atoms. The Bertz CT molecular complexity index is 2550. The zero-order valence-electron chi connectivity index (χ0n) is 55.2. The summed E-state index contributed by atoms with van der Waals surface area (Å²) < 4.78 is 97.5. The monoisotopic (exact) mass is 1320 g/mol. The van der Waals surface area contributed by atoms with E-state index in [0.717, 1.165) is 51.1 Å². The third kappa shape index (κ3) is 21.8. The Kier molecular flexibility index (Phi) is 27.4. The fourth-order valence-electron chi connectivity index (χ4n) is 13.7. The molecule has 3 aliphatic heterocycles. The predicted octanol–water partition coefficient (Wildman–Crippen LogP) is 12.1. The molecule has 0 aliphatic carbocycles. The van der Waals surface area contributed by atoms with Gasteiger partial charge in [-0.15, -0.1) is 0 Å². The zero-order valence-corrected chi connectivity index (χ0v) is 57.0. The SMILES string of the molecule is CC[C@H]1OC(=O)[C@H](C)[C@@H](O[C@H]2C[C@@](C)(OC)[C@@H](O)[C@H](C)O2)[C@H](C)[C@@H](O[C@@H]2O[C@H](C)C[C@H](N(C)C)[C@H]2O)[C@](C)(O)C[C@@H](C)CN(C(=O)CCCCCCCCCCC[P+](c2ccccc2)(c2ccccc2)c2ccccc2)[C@H](C)[C@@H](O)[C@]1(C)O.F[P-](F)(F)(F)(F)F. The molecule has 6 rings (SSSR count). The summed E-state index contributed by atoms with van der Waals surface area (Å²) in [5.74, 6) is -3.27. The van der Waals surface area contributed by atoms with E-state index in [1.54, 1.807) is 53.4 Å². The summed E-state index contributed by atoms with van der Waals surface area (Å²) in [6, 6.07) is 32.0. The normalized spacial score (nSPS) is 34.4. The van der Waals surface area contributed by atoms with Gasteiger partial charge in [-0.25, -0.2) is 0 Å². The third-order valence-corrected chi connectivity index (χ3v) is 23.2. The molecule has 0 saturated carbocycles. The molecule has 0 aromatic heterocycles. The van der Waals surface area contributed by atoms with Crippen LogP contribution in [-0.2, 0) is 38.0 Å². The van der Waals surface area contributed by atoms with Crippen molar-refractivity contribution in [1.29, 1.82) is 0 Å². The molecule has 3 aromatic rings. The van der Waals surface area contributed by atoms with Gasteiger partial charge in [0.25, 0.3) is 0 Å². The van der Waals surface area contributed by atoms with Gasteiger partial charge in [0.05, 0.1) is 53.7 Å². The molecule has 23 heteroatoms. The minimum absolute atomic E-state index is 0.0734. The Morgan fingerprint density at radius 1 is 0.711 bits per heavy atom. The first-order chi connectivity index (χ1) is 41.8. The number of aliphatic hydroxyl groups excluding tert-OH is 3. The summed E-state index contributed by atoms with van der Waals surface area (Å²) in [5.41, 5.74) is -4.79. The number of likely N-dealkylation sites (N-methyl/N-ethyl adjacent to an activating group) is 1. The van der Waals surface area contributed by atoms with E-state index >= 15 is 0 Å². The number of nitrogens with zero attached hydrogens (tertiary/aromatic N) is 2. The average Bonchev–Trinajstić information content (AvgIpc) is 0.876. The van der Waals surface area contributed by atoms with E-state index in [1.807, 2.05) is 32.8 Å². The van der Waals surface area contributed by atoms with Crippen molar-refractivity contribution in [1.82, 2.24) is 9.80 Å². The second kappa shape index (κ2) is 31.9. The molecule has 3 fully saturated rings. The van der Waals surface area contributed by atoms with Crippen LogP contribution < -0.4 is 15.9 Å². The van der Waals surface area contributed by atoms with Crippen molar-refractivity contribution < 1.29 is 88.7 Å². The number of rotatable bonds is 22. The molecule has 3 heterocycles. The molecule has 0 bridgehead atoms. The topological polar surface area (TPSA) is 197 Å². The van der Waals surface area contributed by atoms with Crippen LogP contribution >= 0.6 is 15.1 Å². The van der Waals surface area contributed by atoms with Gasteiger partial charge in [-0.2, -0.15) is 0 Å². The fraction of sp³-hybridized carbons (Fsp3) is 0.701. The standard InChI is InChI=1S/C67H106N2O13P.F6P/c1-14-55-67(10,76)60(72)49(6)69(56(70)39-31-20-18-16-15-17-19-21-32-40-83(51-33-25-22-26-34-51,52-35-27-23-28-36-52)53-37-29-24-30-38-53)44-45(2)42-65(8,75)62(82-64-58(71)54(68(11)12)41-46(3)78-64)47(4)59(48(5)63(74)80-55)81-57-43-66(9,77-13)61(73)50(7)79-57;1-7(2,3,4,5)6/h22-30,33-38,45-50,54-55,57-62,64,71-73,75-76H,14-21,31-32,39-44H2,1-13H3;/q+1;-1/t45-,46-,47+,48-,49-,50+,54+,55-,57+,58-,59+,60-,61+,62-,64+,65-,66-,67-;/m1./s1. The van der Waals surface area contributed by atoms with Crippen molar-refractivity contribution in [3.8, 4) is 0 Å². The fourth-order valence-corrected chi connectivity index (χ4v) is 18.1. The Hall–Kier alpha value is -3.40. The average molecular weight is 1320 g/mol. The van der Waals surface area contributed by atoms with Gasteiger partial charge in [0.15, 0.2) is 12.6 Å². The number of aliphatic hydroxyl groups is 5. The number of halogens is 6. The Labute approximate surface area is 531 Å². The molecular weight excluding hydrogens is 1220 g/mol. The molecule has 514 valence electrons. The van der Waals surface area contributed by atoms with Crippen molar-refractivity contribution in [2.75, 3.05) is 33.9 Å². The maximum absolute atomic E-state index is 14.7. The molecule has 18 atom stereocenters. The molecule has 0 unspecified atom stereocenters. The van der Waals surface area contributed by atoms with E-state index in [-0.39, 0.29) is 50.3 Å². The predicted molar refractivity (Wildman–Crippen MR) is 343 cm³/mol. The molecule has 1 amide bonds. The third-order valence-electron chi connectivity index (χ3n) is 18.7. The molecular formula is C67H106F6N2O13P2. The van der Waals surface area contributed by atoms with Crippen molar-refractivity contribution >= 4 is 42.9 Å². The number of esters is 1. The van der Waals surface area contributed by atoms with Crippen molar-refractivity contribution in [2.45, 2.75) is 249 Å². The van der Waals surface area contributed by atoms with Crippen molar-refractivity contribution in [3.63, 3.8) is 0 Å². The van der Waals surface area contributed by atoms with Gasteiger partial charge in [-0.05, 0) is 143 Å². The summed E-state index contributed by atoms with van der Waals surface area (Å²) in [5, 5.41) is 64.8. The number of unbranched alkanes of at least 4 members (excludes halogenated alkanes) is 8. The van der Waals surface area contributed by atoms with E-state index in [1.165, 1.54) is 36.4 Å². The van der Waals surface area contributed by atoms with E-state index in [4.69, 9.17) is 28.4 Å². The molecule has 0 radical (unpaired) electrons. The number of methoxy groups -OCH3 is 1. The van der Waals surface area contributed by atoms with E-state index < -0.39 is 117 Å². The number of cyclic esters (lactones) is 1. The Morgan fingerprint density at radius 2 is 1.19 bits per heavy atom. The second-order valence-electron chi connectivity index (χ2n) is 26.7. The summed E-state index contributed by atoms with van der Waals surface area (Å²) in [6.45, 7) is 17.5. The number of amides is 1. The Morgan fingerprint density at radius 3 is 1.66 bits per heavy atom. The van der Waals surface area contributed by atoms with Gasteiger partial charge >= 0.3 is 39.0 Å². The van der Waals surface area contributed by atoms with Gasteiger partial charge in [0.1, 0.15) is 53.2 Å². The molecule has 15 nitrogen and oxygen atoms in total. The number of hydrogen-bond donors (Lipinski definition) is 5. The van der Waals surface area contributed by atoms with Gasteiger partial charge in [0.2, 0.25) is 5.91 Å². The summed E-state index contributed by atoms with van der Waals surface area (Å²) in [7, 11) is -7.24. The van der Waals surface area contributed by atoms with Crippen LogP contribution in [0.4, 0.5) is 25.2 Å². The van der Waals surface area contributed by atoms with Crippen molar-refractivity contribution in [2.24, 2.45) is 17.8 Å². The molecule has 3 saturated heterocycles. The number of benzene rings is 3. The van der Waals surface area contributed by atoms with Crippen molar-refractivity contribution in [3.05, 3.63) is 91.0 Å². The number of hydrogen-bond acceptors (Lipinski definition) is 14. The van der Waals surface area contributed by atoms with E-state index in [2.05, 4.69) is 91.0 Å². The first-order valence-corrected chi connectivity index (χ1v) is 36.2. The van der Waals surface area contributed by atoms with Crippen LogP contribution in [0.5, 0.6) is 0 Å². The number of ether oxygens (including phenoxy) is 6. The maximum atomic E-state index is 14.7. The minimum atomic E-state index is -10.7. The van der Waals surface area contributed by atoms with E-state index in [0.29, 0.717) is 12.8 Å². The molecule has 3 aliphatic rings. The van der Waals surface area contributed by atoms with Crippen LogP contribution in [-0.4, -0.2) is 171 Å². The van der Waals surface area contributed by atoms with Crippen LogP contribution in [0, 0.1) is 17.8 Å². The summed E-state index contributed by atoms with van der Waals surface area (Å²) in [4.78, 5) is 32.9. The van der Waals surface area contributed by atoms with Gasteiger partial charge < -0.3 is 63.8 Å². The van der Waals surface area contributed by atoms with Crippen LogP contribution in [0.3, 0.4) is 0 Å². The molecule has 3 aromatic carbocycles. The van der Waals surface area contributed by atoms with E-state index in [9.17, 15) is 60.3 Å². The molecule has 5 N–H and O–H groups in total. The quantitative estimate of drug-likeness (QED) is 0.0276. The number of carbonyl (C=O) groups excluding carboxylic acids is 2. The van der Waals surface area contributed by atoms with Crippen LogP contribution in [0.15, 0.2) is 91.0 Å².